The Kier molecular flexibility index (Phi) is 4.99. The number of piperidine rings is 1. The van der Waals surface area contributed by atoms with Gasteiger partial charge in [0.05, 0.1) is 20.3 Å². The number of anilines is 1. The van der Waals surface area contributed by atoms with E-state index in [2.05, 4.69) is 9.88 Å². The van der Waals surface area contributed by atoms with Gasteiger partial charge in [-0.05, 0) is 31.7 Å². The summed E-state index contributed by atoms with van der Waals surface area (Å²) in [7, 11) is 1.35. The highest BCUT2D eigenvalue weighted by atomic mass is 16.5. The normalized spacial score (nSPS) is 22.4. The van der Waals surface area contributed by atoms with E-state index in [4.69, 9.17) is 14.5 Å². The van der Waals surface area contributed by atoms with Crippen molar-refractivity contribution >= 4 is 17.7 Å². The van der Waals surface area contributed by atoms with Crippen molar-refractivity contribution in [2.75, 3.05) is 51.4 Å². The van der Waals surface area contributed by atoms with Gasteiger partial charge in [0.1, 0.15) is 17.1 Å². The van der Waals surface area contributed by atoms with Gasteiger partial charge in [-0.15, -0.1) is 0 Å². The lowest BCUT2D eigenvalue weighted by Crippen LogP contribution is -2.45. The zero-order valence-corrected chi connectivity index (χ0v) is 15.7. The fourth-order valence-electron chi connectivity index (χ4n) is 4.00. The monoisotopic (exact) mass is 374 g/mol. The molecular weight excluding hydrogens is 348 g/mol. The SMILES string of the molecule is COC(=O)C1(C(=O)N2CCC(c3nccc(N4CCOCC4)n3)CC2)CC1. The van der Waals surface area contributed by atoms with Crippen LogP contribution in [0.4, 0.5) is 5.82 Å². The van der Waals surface area contributed by atoms with Crippen LogP contribution < -0.4 is 4.90 Å². The van der Waals surface area contributed by atoms with Crippen LogP contribution in [0.3, 0.4) is 0 Å². The minimum atomic E-state index is -0.908. The second-order valence-corrected chi connectivity index (χ2v) is 7.51. The van der Waals surface area contributed by atoms with Gasteiger partial charge in [0.25, 0.3) is 0 Å². The highest BCUT2D eigenvalue weighted by Gasteiger charge is 2.59. The summed E-state index contributed by atoms with van der Waals surface area (Å²) in [5.74, 6) is 1.57. The Morgan fingerprint density at radius 2 is 1.89 bits per heavy atom. The molecule has 1 amide bonds. The molecule has 146 valence electrons. The van der Waals surface area contributed by atoms with Crippen molar-refractivity contribution < 1.29 is 19.1 Å². The number of carbonyl (C=O) groups is 2. The van der Waals surface area contributed by atoms with Gasteiger partial charge >= 0.3 is 5.97 Å². The minimum Gasteiger partial charge on any atom is -0.468 e. The average molecular weight is 374 g/mol. The number of morpholine rings is 1. The van der Waals surface area contributed by atoms with Crippen molar-refractivity contribution in [3.63, 3.8) is 0 Å². The van der Waals surface area contributed by atoms with Crippen molar-refractivity contribution in [3.8, 4) is 0 Å². The number of nitrogens with zero attached hydrogens (tertiary/aromatic N) is 4. The van der Waals surface area contributed by atoms with E-state index in [0.29, 0.717) is 25.9 Å². The lowest BCUT2D eigenvalue weighted by Gasteiger charge is -2.33. The average Bonchev–Trinajstić information content (AvgIpc) is 3.55. The Hall–Kier alpha value is -2.22. The van der Waals surface area contributed by atoms with E-state index in [0.717, 1.165) is 50.8 Å². The molecule has 8 heteroatoms. The Labute approximate surface area is 158 Å². The molecule has 0 bridgehead atoms. The summed E-state index contributed by atoms with van der Waals surface area (Å²) in [6.45, 7) is 4.41. The molecule has 4 rings (SSSR count). The molecule has 0 N–H and O–H groups in total. The molecule has 0 spiro atoms. The number of carbonyl (C=O) groups excluding carboxylic acids is 2. The van der Waals surface area contributed by atoms with Gasteiger partial charge in [-0.2, -0.15) is 0 Å². The van der Waals surface area contributed by atoms with Crippen LogP contribution in [0.15, 0.2) is 12.3 Å². The molecule has 27 heavy (non-hydrogen) atoms. The maximum atomic E-state index is 12.8. The highest BCUT2D eigenvalue weighted by Crippen LogP contribution is 2.48. The summed E-state index contributed by atoms with van der Waals surface area (Å²) < 4.78 is 10.2. The van der Waals surface area contributed by atoms with E-state index in [-0.39, 0.29) is 11.8 Å². The maximum absolute atomic E-state index is 12.8. The molecule has 0 atom stereocenters. The Morgan fingerprint density at radius 3 is 2.52 bits per heavy atom. The number of amides is 1. The van der Waals surface area contributed by atoms with Crippen LogP contribution in [0, 0.1) is 5.41 Å². The molecule has 3 aliphatic rings. The Bertz CT molecular complexity index is 707. The van der Waals surface area contributed by atoms with Gasteiger partial charge in [0.2, 0.25) is 5.91 Å². The van der Waals surface area contributed by atoms with Gasteiger partial charge in [0.15, 0.2) is 0 Å². The number of methoxy groups -OCH3 is 1. The topological polar surface area (TPSA) is 84.9 Å². The predicted molar refractivity (Wildman–Crippen MR) is 97.3 cm³/mol. The molecule has 8 nitrogen and oxygen atoms in total. The zero-order valence-electron chi connectivity index (χ0n) is 15.7. The van der Waals surface area contributed by atoms with Crippen LogP contribution in [-0.4, -0.2) is 73.2 Å². The van der Waals surface area contributed by atoms with Crippen molar-refractivity contribution in [3.05, 3.63) is 18.1 Å². The summed E-state index contributed by atoms with van der Waals surface area (Å²) in [4.78, 5) is 38.0. The third kappa shape index (κ3) is 3.50. The molecule has 1 aliphatic carbocycles. The zero-order chi connectivity index (χ0) is 18.9. The molecule has 0 unspecified atom stereocenters. The molecule has 0 radical (unpaired) electrons. The minimum absolute atomic E-state index is 0.0733. The second-order valence-electron chi connectivity index (χ2n) is 7.51. The third-order valence-corrected chi connectivity index (χ3v) is 5.88. The van der Waals surface area contributed by atoms with E-state index in [1.165, 1.54) is 7.11 Å². The molecule has 1 aromatic heterocycles. The van der Waals surface area contributed by atoms with Gasteiger partial charge in [-0.1, -0.05) is 0 Å². The van der Waals surface area contributed by atoms with E-state index in [1.807, 2.05) is 17.2 Å². The first kappa shape index (κ1) is 18.2. The van der Waals surface area contributed by atoms with Gasteiger partial charge < -0.3 is 19.3 Å². The number of esters is 1. The summed E-state index contributed by atoms with van der Waals surface area (Å²) in [6, 6.07) is 1.95. The van der Waals surface area contributed by atoms with Gasteiger partial charge in [0, 0.05) is 38.3 Å². The highest BCUT2D eigenvalue weighted by molar-refractivity contribution is 6.05. The first-order valence-corrected chi connectivity index (χ1v) is 9.67. The second kappa shape index (κ2) is 7.42. The number of ether oxygens (including phenoxy) is 2. The number of aromatic nitrogens is 2. The van der Waals surface area contributed by atoms with E-state index >= 15 is 0 Å². The largest absolute Gasteiger partial charge is 0.468 e. The van der Waals surface area contributed by atoms with E-state index in [1.54, 1.807) is 0 Å². The van der Waals surface area contributed by atoms with Gasteiger partial charge in [-0.25, -0.2) is 9.97 Å². The van der Waals surface area contributed by atoms with Crippen LogP contribution in [0.25, 0.3) is 0 Å². The first-order valence-electron chi connectivity index (χ1n) is 9.67. The standard InChI is InChI=1S/C19H26N4O4/c1-26-18(25)19(5-6-19)17(24)23-8-3-14(4-9-23)16-20-7-2-15(21-16)22-10-12-27-13-11-22/h2,7,14H,3-6,8-13H2,1H3. The Balaban J connectivity index is 1.38. The fraction of sp³-hybridized carbons (Fsp3) is 0.684. The first-order chi connectivity index (χ1) is 13.1. The Morgan fingerprint density at radius 1 is 1.19 bits per heavy atom. The molecule has 1 saturated carbocycles. The molecular formula is C19H26N4O4. The van der Waals surface area contributed by atoms with Crippen LogP contribution in [0.2, 0.25) is 0 Å². The summed E-state index contributed by atoms with van der Waals surface area (Å²) in [5.41, 5.74) is -0.908. The summed E-state index contributed by atoms with van der Waals surface area (Å²) >= 11 is 0. The molecule has 2 aliphatic heterocycles. The maximum Gasteiger partial charge on any atom is 0.321 e. The molecule has 3 fully saturated rings. The lowest BCUT2D eigenvalue weighted by atomic mass is 9.94. The van der Waals surface area contributed by atoms with Crippen LogP contribution in [0.1, 0.15) is 37.4 Å². The third-order valence-electron chi connectivity index (χ3n) is 5.88. The number of hydrogen-bond donors (Lipinski definition) is 0. The number of rotatable bonds is 4. The summed E-state index contributed by atoms with van der Waals surface area (Å²) in [6.07, 6.45) is 4.65. The van der Waals surface area contributed by atoms with Crippen LogP contribution in [-0.2, 0) is 19.1 Å². The van der Waals surface area contributed by atoms with Crippen LogP contribution >= 0.6 is 0 Å². The molecule has 2 saturated heterocycles. The van der Waals surface area contributed by atoms with E-state index in [9.17, 15) is 9.59 Å². The predicted octanol–water partition coefficient (Wildman–Crippen LogP) is 0.972. The van der Waals surface area contributed by atoms with Crippen molar-refractivity contribution in [1.29, 1.82) is 0 Å². The summed E-state index contributed by atoms with van der Waals surface area (Å²) in [5, 5.41) is 0. The van der Waals surface area contributed by atoms with Crippen LogP contribution in [0.5, 0.6) is 0 Å². The van der Waals surface area contributed by atoms with Crippen molar-refractivity contribution in [1.82, 2.24) is 14.9 Å². The van der Waals surface area contributed by atoms with Crippen molar-refractivity contribution in [2.45, 2.75) is 31.6 Å². The van der Waals surface area contributed by atoms with Crippen molar-refractivity contribution in [2.24, 2.45) is 5.41 Å². The smallest absolute Gasteiger partial charge is 0.321 e. The number of likely N-dealkylation sites (tertiary alicyclic amines) is 1. The quantitative estimate of drug-likeness (QED) is 0.573. The number of hydrogen-bond acceptors (Lipinski definition) is 7. The molecule has 3 heterocycles. The fourth-order valence-corrected chi connectivity index (χ4v) is 4.00. The molecule has 1 aromatic rings. The van der Waals surface area contributed by atoms with Gasteiger partial charge in [-0.3, -0.25) is 9.59 Å². The lowest BCUT2D eigenvalue weighted by molar-refractivity contribution is -0.156. The molecule has 0 aromatic carbocycles. The van der Waals surface area contributed by atoms with E-state index < -0.39 is 11.4 Å².